The van der Waals surface area contributed by atoms with E-state index in [1.165, 1.54) is 23.5 Å². The molecule has 0 radical (unpaired) electrons. The second kappa shape index (κ2) is 10.5. The third-order valence-corrected chi connectivity index (χ3v) is 5.43. The molecule has 1 aliphatic heterocycles. The highest BCUT2D eigenvalue weighted by Crippen LogP contribution is 2.20. The van der Waals surface area contributed by atoms with Gasteiger partial charge in [-0.1, -0.05) is 0 Å². The van der Waals surface area contributed by atoms with E-state index in [2.05, 4.69) is 10.3 Å². The maximum atomic E-state index is 12.9. The van der Waals surface area contributed by atoms with Gasteiger partial charge in [0.25, 0.3) is 5.91 Å². The van der Waals surface area contributed by atoms with Crippen molar-refractivity contribution < 1.29 is 23.4 Å². The lowest BCUT2D eigenvalue weighted by Crippen LogP contribution is -2.25. The average Bonchev–Trinajstić information content (AvgIpc) is 3.33. The summed E-state index contributed by atoms with van der Waals surface area (Å²) in [5.74, 6) is 0.110. The summed E-state index contributed by atoms with van der Waals surface area (Å²) in [5, 5.41) is 3.60. The molecule has 1 aliphatic rings. The first kappa shape index (κ1) is 20.7. The minimum Gasteiger partial charge on any atom is -0.486 e. The summed E-state index contributed by atoms with van der Waals surface area (Å²) in [6, 6.07) is 5.80. The summed E-state index contributed by atoms with van der Waals surface area (Å²) in [6.45, 7) is 4.63. The van der Waals surface area contributed by atoms with Crippen molar-refractivity contribution in [3.63, 3.8) is 0 Å². The molecule has 1 saturated heterocycles. The smallest absolute Gasteiger partial charge is 0.263 e. The Kier molecular flexibility index (Phi) is 7.76. The molecule has 8 heteroatoms. The predicted molar refractivity (Wildman–Crippen MR) is 104 cm³/mol. The van der Waals surface area contributed by atoms with Crippen molar-refractivity contribution in [2.75, 3.05) is 26.4 Å². The normalized spacial score (nSPS) is 16.3. The number of halogens is 1. The van der Waals surface area contributed by atoms with Crippen molar-refractivity contribution in [3.8, 4) is 5.75 Å². The Bertz CT molecular complexity index is 760. The molecule has 1 unspecified atom stereocenters. The lowest BCUT2D eigenvalue weighted by molar-refractivity contribution is 0.0166. The van der Waals surface area contributed by atoms with Gasteiger partial charge < -0.3 is 19.5 Å². The van der Waals surface area contributed by atoms with Crippen molar-refractivity contribution in [2.45, 2.75) is 38.9 Å². The standard InChI is InChI=1S/C20H25FN2O4S/c1-14-19(20(24)22-9-3-10-25-12-17-4-2-11-26-17)28-18(23-14)13-27-16-7-5-15(21)6-8-16/h5-8,17H,2-4,9-13H2,1H3,(H,22,24). The van der Waals surface area contributed by atoms with Crippen molar-refractivity contribution in [1.82, 2.24) is 10.3 Å². The molecule has 1 aromatic heterocycles. The average molecular weight is 408 g/mol. The van der Waals surface area contributed by atoms with E-state index in [-0.39, 0.29) is 24.4 Å². The maximum Gasteiger partial charge on any atom is 0.263 e. The number of ether oxygens (including phenoxy) is 3. The summed E-state index contributed by atoms with van der Waals surface area (Å²) in [7, 11) is 0. The Morgan fingerprint density at radius 1 is 1.39 bits per heavy atom. The molecule has 0 aliphatic carbocycles. The number of aromatic nitrogens is 1. The first-order valence-electron chi connectivity index (χ1n) is 9.44. The molecule has 0 bridgehead atoms. The lowest BCUT2D eigenvalue weighted by atomic mass is 10.2. The second-order valence-electron chi connectivity index (χ2n) is 6.58. The number of thiazole rings is 1. The fourth-order valence-corrected chi connectivity index (χ4v) is 3.74. The monoisotopic (exact) mass is 408 g/mol. The van der Waals surface area contributed by atoms with E-state index in [0.717, 1.165) is 25.9 Å². The van der Waals surface area contributed by atoms with Crippen LogP contribution in [0.4, 0.5) is 4.39 Å². The van der Waals surface area contributed by atoms with Crippen LogP contribution in [-0.2, 0) is 16.1 Å². The highest BCUT2D eigenvalue weighted by Gasteiger charge is 2.16. The summed E-state index contributed by atoms with van der Waals surface area (Å²) in [5.41, 5.74) is 0.676. The second-order valence-corrected chi connectivity index (χ2v) is 7.67. The number of benzene rings is 1. The number of carbonyl (C=O) groups is 1. The summed E-state index contributed by atoms with van der Waals surface area (Å²) < 4.78 is 29.6. The summed E-state index contributed by atoms with van der Waals surface area (Å²) >= 11 is 1.31. The first-order chi connectivity index (χ1) is 13.6. The summed E-state index contributed by atoms with van der Waals surface area (Å²) in [4.78, 5) is 17.3. The zero-order chi connectivity index (χ0) is 19.8. The molecule has 1 aromatic carbocycles. The molecule has 1 atom stereocenters. The van der Waals surface area contributed by atoms with Gasteiger partial charge in [-0.25, -0.2) is 9.37 Å². The van der Waals surface area contributed by atoms with Gasteiger partial charge >= 0.3 is 0 Å². The highest BCUT2D eigenvalue weighted by molar-refractivity contribution is 7.13. The van der Waals surface area contributed by atoms with E-state index in [9.17, 15) is 9.18 Å². The van der Waals surface area contributed by atoms with E-state index < -0.39 is 0 Å². The van der Waals surface area contributed by atoms with Gasteiger partial charge in [0.15, 0.2) is 0 Å². The van der Waals surface area contributed by atoms with Gasteiger partial charge in [0.05, 0.1) is 18.4 Å². The zero-order valence-corrected chi connectivity index (χ0v) is 16.7. The number of aryl methyl sites for hydroxylation is 1. The van der Waals surface area contributed by atoms with Crippen LogP contribution in [0.2, 0.25) is 0 Å². The van der Waals surface area contributed by atoms with Gasteiger partial charge in [0.1, 0.15) is 28.1 Å². The van der Waals surface area contributed by atoms with E-state index in [4.69, 9.17) is 14.2 Å². The van der Waals surface area contributed by atoms with Crippen LogP contribution < -0.4 is 10.1 Å². The molecular formula is C20H25FN2O4S. The minimum absolute atomic E-state index is 0.137. The van der Waals surface area contributed by atoms with Gasteiger partial charge in [-0.05, 0) is 50.5 Å². The number of rotatable bonds is 10. The molecular weight excluding hydrogens is 383 g/mol. The molecule has 1 amide bonds. The molecule has 0 spiro atoms. The Hall–Kier alpha value is -2.03. The fourth-order valence-electron chi connectivity index (χ4n) is 2.85. The largest absolute Gasteiger partial charge is 0.486 e. The van der Waals surface area contributed by atoms with Crippen LogP contribution in [-0.4, -0.2) is 43.4 Å². The van der Waals surface area contributed by atoms with Crippen LogP contribution in [0.5, 0.6) is 5.75 Å². The number of amides is 1. The number of hydrogen-bond acceptors (Lipinski definition) is 6. The molecule has 2 heterocycles. The maximum absolute atomic E-state index is 12.9. The van der Waals surface area contributed by atoms with Crippen molar-refractivity contribution in [3.05, 3.63) is 45.7 Å². The molecule has 0 saturated carbocycles. The van der Waals surface area contributed by atoms with E-state index in [1.807, 2.05) is 0 Å². The molecule has 152 valence electrons. The van der Waals surface area contributed by atoms with E-state index in [0.29, 0.717) is 41.1 Å². The van der Waals surface area contributed by atoms with Crippen LogP contribution in [0.15, 0.2) is 24.3 Å². The van der Waals surface area contributed by atoms with Crippen LogP contribution in [0.25, 0.3) is 0 Å². The van der Waals surface area contributed by atoms with E-state index >= 15 is 0 Å². The zero-order valence-electron chi connectivity index (χ0n) is 15.9. The number of nitrogens with zero attached hydrogens (tertiary/aromatic N) is 1. The Morgan fingerprint density at radius 3 is 2.96 bits per heavy atom. The van der Waals surface area contributed by atoms with Gasteiger partial charge in [-0.2, -0.15) is 0 Å². The molecule has 2 aromatic rings. The quantitative estimate of drug-likeness (QED) is 0.610. The third-order valence-electron chi connectivity index (χ3n) is 4.30. The third kappa shape index (κ3) is 6.25. The molecule has 1 fully saturated rings. The Labute approximate surface area is 168 Å². The number of carbonyl (C=O) groups excluding carboxylic acids is 1. The van der Waals surface area contributed by atoms with Crippen molar-refractivity contribution in [1.29, 1.82) is 0 Å². The van der Waals surface area contributed by atoms with Crippen LogP contribution in [0.1, 0.15) is 39.6 Å². The fraction of sp³-hybridized carbons (Fsp3) is 0.500. The lowest BCUT2D eigenvalue weighted by Gasteiger charge is -2.10. The van der Waals surface area contributed by atoms with Gasteiger partial charge in [0.2, 0.25) is 0 Å². The molecule has 6 nitrogen and oxygen atoms in total. The SMILES string of the molecule is Cc1nc(COc2ccc(F)cc2)sc1C(=O)NCCCOCC1CCCO1. The van der Waals surface area contributed by atoms with Gasteiger partial charge in [-0.3, -0.25) is 4.79 Å². The first-order valence-corrected chi connectivity index (χ1v) is 10.3. The van der Waals surface area contributed by atoms with Crippen molar-refractivity contribution in [2.24, 2.45) is 0 Å². The van der Waals surface area contributed by atoms with Gasteiger partial charge in [-0.15, -0.1) is 11.3 Å². The Balaban J connectivity index is 1.36. The van der Waals surface area contributed by atoms with Gasteiger partial charge in [0, 0.05) is 19.8 Å². The van der Waals surface area contributed by atoms with Crippen LogP contribution in [0.3, 0.4) is 0 Å². The minimum atomic E-state index is -0.311. The molecule has 1 N–H and O–H groups in total. The van der Waals surface area contributed by atoms with Crippen molar-refractivity contribution >= 4 is 17.2 Å². The van der Waals surface area contributed by atoms with E-state index in [1.54, 1.807) is 19.1 Å². The Morgan fingerprint density at radius 2 is 2.21 bits per heavy atom. The highest BCUT2D eigenvalue weighted by atomic mass is 32.1. The predicted octanol–water partition coefficient (Wildman–Crippen LogP) is 3.49. The van der Waals surface area contributed by atoms with Crippen LogP contribution in [0, 0.1) is 12.7 Å². The molecule has 28 heavy (non-hydrogen) atoms. The molecule has 3 rings (SSSR count). The van der Waals surface area contributed by atoms with Crippen LogP contribution >= 0.6 is 11.3 Å². The summed E-state index contributed by atoms with van der Waals surface area (Å²) in [6.07, 6.45) is 3.14. The number of hydrogen-bond donors (Lipinski definition) is 1. The number of nitrogens with one attached hydrogen (secondary N) is 1. The topological polar surface area (TPSA) is 69.7 Å².